The van der Waals surface area contributed by atoms with Crippen molar-refractivity contribution in [1.29, 1.82) is 0 Å². The van der Waals surface area contributed by atoms with Gasteiger partial charge in [-0.15, -0.1) is 24.0 Å². The van der Waals surface area contributed by atoms with E-state index in [0.717, 1.165) is 57.9 Å². The molecule has 0 aromatic heterocycles. The van der Waals surface area contributed by atoms with Crippen LogP contribution in [0, 0.1) is 11.3 Å². The summed E-state index contributed by atoms with van der Waals surface area (Å²) in [7, 11) is 1.44. The Kier molecular flexibility index (Phi) is 14.1. The average Bonchev–Trinajstić information content (AvgIpc) is 2.61. The smallest absolute Gasteiger partial charge is 0.305 e. The highest BCUT2D eigenvalue weighted by molar-refractivity contribution is 14.0. The van der Waals surface area contributed by atoms with Crippen LogP contribution in [-0.2, 0) is 14.3 Å². The van der Waals surface area contributed by atoms with E-state index in [-0.39, 0.29) is 41.5 Å². The van der Waals surface area contributed by atoms with Crippen molar-refractivity contribution < 1.29 is 14.3 Å². The average molecular weight is 497 g/mol. The quantitative estimate of drug-likeness (QED) is 0.167. The minimum atomic E-state index is -0.129. The molecule has 2 atom stereocenters. The van der Waals surface area contributed by atoms with Gasteiger partial charge >= 0.3 is 5.97 Å². The summed E-state index contributed by atoms with van der Waals surface area (Å²) in [6.45, 7) is 12.2. The molecule has 0 bridgehead atoms. The normalized spacial score (nSPS) is 20.6. The van der Waals surface area contributed by atoms with E-state index in [1.165, 1.54) is 13.5 Å². The molecular weight excluding hydrogens is 457 g/mol. The molecule has 0 spiro atoms. The second-order valence-corrected chi connectivity index (χ2v) is 8.09. The molecular formula is C20H40IN3O3. The molecule has 1 aliphatic rings. The van der Waals surface area contributed by atoms with Crippen LogP contribution in [-0.4, -0.2) is 51.4 Å². The van der Waals surface area contributed by atoms with Crippen LogP contribution in [0.4, 0.5) is 0 Å². The Bertz CT molecular complexity index is 439. The molecule has 6 nitrogen and oxygen atoms in total. The van der Waals surface area contributed by atoms with Crippen molar-refractivity contribution >= 4 is 35.9 Å². The van der Waals surface area contributed by atoms with E-state index in [0.29, 0.717) is 12.3 Å². The van der Waals surface area contributed by atoms with E-state index in [4.69, 9.17) is 9.73 Å². The van der Waals surface area contributed by atoms with E-state index in [9.17, 15) is 4.79 Å². The van der Waals surface area contributed by atoms with Crippen LogP contribution in [0.3, 0.4) is 0 Å². The Morgan fingerprint density at radius 3 is 2.59 bits per heavy atom. The van der Waals surface area contributed by atoms with Crippen LogP contribution in [0.5, 0.6) is 0 Å². The number of aliphatic imine (C=N–C) groups is 1. The highest BCUT2D eigenvalue weighted by atomic mass is 127. The second-order valence-electron chi connectivity index (χ2n) is 8.09. The third-order valence-electron chi connectivity index (χ3n) is 4.70. The molecule has 7 heteroatoms. The summed E-state index contributed by atoms with van der Waals surface area (Å²) in [5, 5.41) is 6.72. The molecule has 0 aliphatic carbocycles. The highest BCUT2D eigenvalue weighted by Gasteiger charge is 2.35. The number of halogens is 1. The maximum absolute atomic E-state index is 11.1. The van der Waals surface area contributed by atoms with Crippen molar-refractivity contribution in [3.8, 4) is 0 Å². The molecule has 27 heavy (non-hydrogen) atoms. The monoisotopic (exact) mass is 497 g/mol. The molecule has 1 rings (SSSR count). The van der Waals surface area contributed by atoms with Crippen LogP contribution >= 0.6 is 24.0 Å². The van der Waals surface area contributed by atoms with Crippen LogP contribution in [0.15, 0.2) is 4.99 Å². The third-order valence-corrected chi connectivity index (χ3v) is 4.70. The Balaban J connectivity index is 0.00000676. The van der Waals surface area contributed by atoms with Gasteiger partial charge in [0.15, 0.2) is 5.96 Å². The van der Waals surface area contributed by atoms with Crippen LogP contribution in [0.2, 0.25) is 0 Å². The summed E-state index contributed by atoms with van der Waals surface area (Å²) >= 11 is 0. The first-order valence-electron chi connectivity index (χ1n) is 10.1. The van der Waals surface area contributed by atoms with Gasteiger partial charge in [0.2, 0.25) is 0 Å². The van der Waals surface area contributed by atoms with E-state index >= 15 is 0 Å². The zero-order valence-corrected chi connectivity index (χ0v) is 20.1. The maximum Gasteiger partial charge on any atom is 0.305 e. The lowest BCUT2D eigenvalue weighted by Gasteiger charge is -2.39. The van der Waals surface area contributed by atoms with Crippen LogP contribution in [0.1, 0.15) is 66.2 Å². The van der Waals surface area contributed by atoms with Gasteiger partial charge in [0.25, 0.3) is 0 Å². The van der Waals surface area contributed by atoms with Crippen molar-refractivity contribution in [2.24, 2.45) is 16.3 Å². The van der Waals surface area contributed by atoms with Gasteiger partial charge in [0.1, 0.15) is 0 Å². The lowest BCUT2D eigenvalue weighted by molar-refractivity contribution is -0.140. The Morgan fingerprint density at radius 2 is 1.96 bits per heavy atom. The molecule has 1 heterocycles. The number of ether oxygens (including phenoxy) is 2. The SMILES string of the molecule is CCNC(=NCC1CCCOC1C(C)(C)C)NCCCCCC(=O)OC.I. The number of guanidine groups is 1. The number of carbonyl (C=O) groups excluding carboxylic acids is 1. The minimum absolute atomic E-state index is 0. The number of hydrogen-bond donors (Lipinski definition) is 2. The first kappa shape index (κ1) is 26.4. The van der Waals surface area contributed by atoms with Gasteiger partial charge in [0, 0.05) is 38.6 Å². The summed E-state index contributed by atoms with van der Waals surface area (Å²) in [6.07, 6.45) is 5.95. The fourth-order valence-electron chi connectivity index (χ4n) is 3.42. The molecule has 2 N–H and O–H groups in total. The fourth-order valence-corrected chi connectivity index (χ4v) is 3.42. The first-order valence-corrected chi connectivity index (χ1v) is 10.1. The van der Waals surface area contributed by atoms with Gasteiger partial charge in [-0.1, -0.05) is 27.2 Å². The van der Waals surface area contributed by atoms with Crippen molar-refractivity contribution in [2.75, 3.05) is 33.4 Å². The topological polar surface area (TPSA) is 72.0 Å². The Labute approximate surface area is 182 Å². The van der Waals surface area contributed by atoms with Gasteiger partial charge in [-0.3, -0.25) is 9.79 Å². The molecule has 0 radical (unpaired) electrons. The van der Waals surface area contributed by atoms with Crippen molar-refractivity contribution in [3.05, 3.63) is 0 Å². The van der Waals surface area contributed by atoms with E-state index in [1.54, 1.807) is 0 Å². The minimum Gasteiger partial charge on any atom is -0.469 e. The van der Waals surface area contributed by atoms with Gasteiger partial charge < -0.3 is 20.1 Å². The number of esters is 1. The molecule has 2 unspecified atom stereocenters. The zero-order valence-electron chi connectivity index (χ0n) is 17.8. The largest absolute Gasteiger partial charge is 0.469 e. The lowest BCUT2D eigenvalue weighted by Crippen LogP contribution is -2.42. The Hall–Kier alpha value is -0.570. The molecule has 0 amide bonds. The number of nitrogens with zero attached hydrogens (tertiary/aromatic N) is 1. The van der Waals surface area contributed by atoms with Crippen molar-refractivity contribution in [3.63, 3.8) is 0 Å². The predicted molar refractivity (Wildman–Crippen MR) is 122 cm³/mol. The number of methoxy groups -OCH3 is 1. The third kappa shape index (κ3) is 11.1. The van der Waals surface area contributed by atoms with Crippen LogP contribution in [0.25, 0.3) is 0 Å². The number of unbranched alkanes of at least 4 members (excludes halogenated alkanes) is 2. The van der Waals surface area contributed by atoms with Crippen molar-refractivity contribution in [2.45, 2.75) is 72.3 Å². The maximum atomic E-state index is 11.1. The molecule has 1 saturated heterocycles. The summed E-state index contributed by atoms with van der Waals surface area (Å²) in [6, 6.07) is 0. The first-order chi connectivity index (χ1) is 12.4. The summed E-state index contributed by atoms with van der Waals surface area (Å²) in [4.78, 5) is 15.9. The predicted octanol–water partition coefficient (Wildman–Crippen LogP) is 3.73. The summed E-state index contributed by atoms with van der Waals surface area (Å²) < 4.78 is 10.7. The van der Waals surface area contributed by atoms with E-state index < -0.39 is 0 Å². The number of nitrogens with one attached hydrogen (secondary N) is 2. The van der Waals surface area contributed by atoms with Gasteiger partial charge in [-0.05, 0) is 38.0 Å². The highest BCUT2D eigenvalue weighted by Crippen LogP contribution is 2.34. The van der Waals surface area contributed by atoms with E-state index in [2.05, 4.69) is 43.1 Å². The molecule has 1 fully saturated rings. The number of rotatable bonds is 9. The Morgan fingerprint density at radius 1 is 1.22 bits per heavy atom. The van der Waals surface area contributed by atoms with Gasteiger partial charge in [-0.25, -0.2) is 0 Å². The van der Waals surface area contributed by atoms with Crippen LogP contribution < -0.4 is 10.6 Å². The van der Waals surface area contributed by atoms with E-state index in [1.807, 2.05) is 0 Å². The second kappa shape index (κ2) is 14.4. The zero-order chi connectivity index (χ0) is 19.4. The number of carbonyl (C=O) groups is 1. The molecule has 0 aromatic rings. The van der Waals surface area contributed by atoms with Gasteiger partial charge in [0.05, 0.1) is 13.2 Å². The molecule has 0 saturated carbocycles. The summed E-state index contributed by atoms with van der Waals surface area (Å²) in [5.41, 5.74) is 0.145. The molecule has 0 aromatic carbocycles. The standard InChI is InChI=1S/C20H39N3O3.HI/c1-6-21-19(22-13-9-7-8-12-17(24)25-5)23-15-16-11-10-14-26-18(16)20(2,3)4;/h16,18H,6-15H2,1-5H3,(H2,21,22,23);1H. The van der Waals surface area contributed by atoms with Crippen molar-refractivity contribution in [1.82, 2.24) is 10.6 Å². The van der Waals surface area contributed by atoms with Gasteiger partial charge in [-0.2, -0.15) is 0 Å². The number of hydrogen-bond acceptors (Lipinski definition) is 4. The fraction of sp³-hybridized carbons (Fsp3) is 0.900. The lowest BCUT2D eigenvalue weighted by atomic mass is 9.78. The molecule has 160 valence electrons. The summed E-state index contributed by atoms with van der Waals surface area (Å²) in [5.74, 6) is 1.22. The molecule has 1 aliphatic heterocycles.